The number of benzene rings is 1. The molecule has 1 aliphatic rings. The van der Waals surface area contributed by atoms with Crippen molar-refractivity contribution in [1.29, 1.82) is 0 Å². The second kappa shape index (κ2) is 7.28. The first-order chi connectivity index (χ1) is 14.8. The molecule has 1 fully saturated rings. The SMILES string of the molecule is Cc1c(Cn2c(=O)n(C3CC3)c3ccccc32)n(CCCC(F)(F)F)c2ccncc12. The highest BCUT2D eigenvalue weighted by Gasteiger charge is 2.30. The van der Waals surface area contributed by atoms with Crippen molar-refractivity contribution in [1.82, 2.24) is 18.7 Å². The predicted molar refractivity (Wildman–Crippen MR) is 113 cm³/mol. The summed E-state index contributed by atoms with van der Waals surface area (Å²) < 4.78 is 43.8. The third kappa shape index (κ3) is 3.54. The Morgan fingerprint density at radius 2 is 1.81 bits per heavy atom. The molecule has 0 radical (unpaired) electrons. The second-order valence-corrected chi connectivity index (χ2v) is 8.29. The van der Waals surface area contributed by atoms with Crippen LogP contribution in [0.15, 0.2) is 47.5 Å². The van der Waals surface area contributed by atoms with Crippen LogP contribution in [-0.2, 0) is 13.1 Å². The molecule has 1 aromatic carbocycles. The molecule has 0 bridgehead atoms. The molecule has 0 amide bonds. The molecule has 0 saturated heterocycles. The van der Waals surface area contributed by atoms with Crippen LogP contribution in [-0.4, -0.2) is 24.9 Å². The van der Waals surface area contributed by atoms with E-state index in [1.165, 1.54) is 0 Å². The number of alkyl halides is 3. The summed E-state index contributed by atoms with van der Waals surface area (Å²) in [5.74, 6) is 0. The van der Waals surface area contributed by atoms with Crippen molar-refractivity contribution >= 4 is 21.9 Å². The molecule has 1 saturated carbocycles. The van der Waals surface area contributed by atoms with Crippen molar-refractivity contribution in [3.63, 3.8) is 0 Å². The zero-order chi connectivity index (χ0) is 21.8. The largest absolute Gasteiger partial charge is 0.389 e. The van der Waals surface area contributed by atoms with E-state index in [1.54, 1.807) is 17.0 Å². The van der Waals surface area contributed by atoms with Crippen LogP contribution in [0.5, 0.6) is 0 Å². The van der Waals surface area contributed by atoms with Crippen LogP contribution in [0.1, 0.15) is 43.0 Å². The quantitative estimate of drug-likeness (QED) is 0.424. The fourth-order valence-corrected chi connectivity index (χ4v) is 4.53. The number of pyridine rings is 1. The third-order valence-corrected chi connectivity index (χ3v) is 6.18. The fraction of sp³-hybridized carbons (Fsp3) is 0.391. The topological polar surface area (TPSA) is 44.8 Å². The Hall–Kier alpha value is -3.03. The summed E-state index contributed by atoms with van der Waals surface area (Å²) in [7, 11) is 0. The average molecular weight is 428 g/mol. The minimum Gasteiger partial charge on any atom is -0.343 e. The average Bonchev–Trinajstić information content (AvgIpc) is 3.48. The van der Waals surface area contributed by atoms with Gasteiger partial charge in [-0.2, -0.15) is 13.2 Å². The van der Waals surface area contributed by atoms with Crippen LogP contribution in [0.4, 0.5) is 13.2 Å². The Kier molecular flexibility index (Phi) is 4.68. The van der Waals surface area contributed by atoms with E-state index in [0.717, 1.165) is 46.0 Å². The van der Waals surface area contributed by atoms with Crippen LogP contribution in [0.25, 0.3) is 21.9 Å². The Morgan fingerprint density at radius 1 is 1.06 bits per heavy atom. The predicted octanol–water partition coefficient (Wildman–Crippen LogP) is 5.19. The first-order valence-corrected chi connectivity index (χ1v) is 10.5. The second-order valence-electron chi connectivity index (χ2n) is 8.29. The smallest absolute Gasteiger partial charge is 0.343 e. The Bertz CT molecular complexity index is 1320. The molecule has 5 nitrogen and oxygen atoms in total. The zero-order valence-electron chi connectivity index (χ0n) is 17.2. The fourth-order valence-electron chi connectivity index (χ4n) is 4.53. The number of para-hydroxylation sites is 2. The van der Waals surface area contributed by atoms with E-state index in [-0.39, 0.29) is 24.7 Å². The summed E-state index contributed by atoms with van der Waals surface area (Å²) in [6, 6.07) is 9.79. The molecule has 0 atom stereocenters. The van der Waals surface area contributed by atoms with Gasteiger partial charge < -0.3 is 4.57 Å². The first kappa shape index (κ1) is 19.9. The summed E-state index contributed by atoms with van der Waals surface area (Å²) >= 11 is 0. The molecule has 0 N–H and O–H groups in total. The highest BCUT2D eigenvalue weighted by molar-refractivity contribution is 5.84. The van der Waals surface area contributed by atoms with E-state index in [0.29, 0.717) is 6.54 Å². The maximum absolute atomic E-state index is 13.3. The van der Waals surface area contributed by atoms with Crippen LogP contribution in [0.3, 0.4) is 0 Å². The highest BCUT2D eigenvalue weighted by Crippen LogP contribution is 2.36. The number of rotatable bonds is 6. The van der Waals surface area contributed by atoms with Crippen LogP contribution in [0, 0.1) is 6.92 Å². The number of aryl methyl sites for hydroxylation is 2. The van der Waals surface area contributed by atoms with Crippen LogP contribution >= 0.6 is 0 Å². The first-order valence-electron chi connectivity index (χ1n) is 10.5. The molecule has 8 heteroatoms. The van der Waals surface area contributed by atoms with Crippen molar-refractivity contribution in [2.45, 2.75) is 57.9 Å². The molecule has 5 rings (SSSR count). The van der Waals surface area contributed by atoms with E-state index in [1.807, 2.05) is 46.4 Å². The number of nitrogens with zero attached hydrogens (tertiary/aromatic N) is 4. The lowest BCUT2D eigenvalue weighted by atomic mass is 10.2. The van der Waals surface area contributed by atoms with Gasteiger partial charge in [-0.25, -0.2) is 4.79 Å². The molecular formula is C23H23F3N4O. The summed E-state index contributed by atoms with van der Waals surface area (Å²) in [5, 5.41) is 0.906. The van der Waals surface area contributed by atoms with Crippen LogP contribution in [0.2, 0.25) is 0 Å². The molecule has 0 unspecified atom stereocenters. The maximum atomic E-state index is 13.3. The van der Waals surface area contributed by atoms with Gasteiger partial charge in [-0.15, -0.1) is 0 Å². The van der Waals surface area contributed by atoms with E-state index in [4.69, 9.17) is 0 Å². The van der Waals surface area contributed by atoms with Gasteiger partial charge in [0.1, 0.15) is 0 Å². The third-order valence-electron chi connectivity index (χ3n) is 6.18. The normalized spacial score (nSPS) is 14.7. The van der Waals surface area contributed by atoms with Crippen molar-refractivity contribution in [3.05, 3.63) is 64.5 Å². The number of halogens is 3. The van der Waals surface area contributed by atoms with Gasteiger partial charge in [0.25, 0.3) is 0 Å². The van der Waals surface area contributed by atoms with Crippen LogP contribution < -0.4 is 5.69 Å². The highest BCUT2D eigenvalue weighted by atomic mass is 19.4. The van der Waals surface area contributed by atoms with E-state index in [2.05, 4.69) is 4.98 Å². The molecule has 0 aliphatic heterocycles. The lowest BCUT2D eigenvalue weighted by Gasteiger charge is -2.13. The minimum atomic E-state index is -4.19. The van der Waals surface area contributed by atoms with Crippen molar-refractivity contribution < 1.29 is 13.2 Å². The molecule has 3 heterocycles. The van der Waals surface area contributed by atoms with E-state index >= 15 is 0 Å². The molecule has 1 aliphatic carbocycles. The molecular weight excluding hydrogens is 405 g/mol. The van der Waals surface area contributed by atoms with E-state index < -0.39 is 12.6 Å². The van der Waals surface area contributed by atoms with E-state index in [9.17, 15) is 18.0 Å². The summed E-state index contributed by atoms with van der Waals surface area (Å²) in [6.45, 7) is 2.50. The van der Waals surface area contributed by atoms with Gasteiger partial charge in [-0.3, -0.25) is 14.1 Å². The number of aromatic nitrogens is 4. The molecule has 162 valence electrons. The summed E-state index contributed by atoms with van der Waals surface area (Å²) in [5.41, 5.74) is 4.35. The monoisotopic (exact) mass is 428 g/mol. The number of hydrogen-bond donors (Lipinski definition) is 0. The number of imidazole rings is 1. The molecule has 0 spiro atoms. The minimum absolute atomic E-state index is 0.0131. The number of hydrogen-bond acceptors (Lipinski definition) is 2. The molecule has 31 heavy (non-hydrogen) atoms. The Balaban J connectivity index is 1.61. The maximum Gasteiger partial charge on any atom is 0.389 e. The Morgan fingerprint density at radius 3 is 2.52 bits per heavy atom. The van der Waals surface area contributed by atoms with Gasteiger partial charge in [0.05, 0.1) is 23.1 Å². The standard InChI is InChI=1S/C23H23F3N4O/c1-15-17-13-27-11-9-18(17)28(12-4-10-23(24,25)26)21(15)14-29-19-5-2-3-6-20(19)30(22(29)31)16-7-8-16/h2-3,5-6,9,11,13,16H,4,7-8,10,12,14H2,1H3. The molecule has 4 aromatic rings. The van der Waals surface area contributed by atoms with Gasteiger partial charge >= 0.3 is 11.9 Å². The lowest BCUT2D eigenvalue weighted by Crippen LogP contribution is -2.25. The van der Waals surface area contributed by atoms with Crippen molar-refractivity contribution in [2.75, 3.05) is 0 Å². The van der Waals surface area contributed by atoms with Gasteiger partial charge in [0.15, 0.2) is 0 Å². The van der Waals surface area contributed by atoms with Crippen molar-refractivity contribution in [2.24, 2.45) is 0 Å². The number of fused-ring (bicyclic) bond motifs is 2. The van der Waals surface area contributed by atoms with Gasteiger partial charge in [-0.1, -0.05) is 12.1 Å². The lowest BCUT2D eigenvalue weighted by molar-refractivity contribution is -0.135. The molecule has 3 aromatic heterocycles. The van der Waals surface area contributed by atoms with Crippen molar-refractivity contribution in [3.8, 4) is 0 Å². The van der Waals surface area contributed by atoms with Gasteiger partial charge in [0.2, 0.25) is 0 Å². The zero-order valence-corrected chi connectivity index (χ0v) is 17.2. The van der Waals surface area contributed by atoms with Gasteiger partial charge in [-0.05, 0) is 49.9 Å². The summed E-state index contributed by atoms with van der Waals surface area (Å²) in [6.07, 6.45) is 0.348. The van der Waals surface area contributed by atoms with Gasteiger partial charge in [0, 0.05) is 42.5 Å². The Labute approximate surface area is 176 Å². The summed E-state index contributed by atoms with van der Waals surface area (Å²) in [4.78, 5) is 17.5.